The summed E-state index contributed by atoms with van der Waals surface area (Å²) in [6.45, 7) is 4.85. The predicted octanol–water partition coefficient (Wildman–Crippen LogP) is 3.25. The quantitative estimate of drug-likeness (QED) is 0.137. The molecule has 4 rings (SSSR count). The molecule has 0 saturated heterocycles. The second-order valence-electron chi connectivity index (χ2n) is 9.35. The number of nitrogens with zero attached hydrogens (tertiary/aromatic N) is 4. The fourth-order valence-corrected chi connectivity index (χ4v) is 3.76. The van der Waals surface area contributed by atoms with Gasteiger partial charge in [0.2, 0.25) is 11.9 Å². The molecule has 0 spiro atoms. The molecule has 0 radical (unpaired) electrons. The smallest absolute Gasteiger partial charge is 0.225 e. The Balaban J connectivity index is 1.72. The summed E-state index contributed by atoms with van der Waals surface area (Å²) in [7, 11) is 3.26. The van der Waals surface area contributed by atoms with Crippen molar-refractivity contribution in [1.29, 1.82) is 0 Å². The van der Waals surface area contributed by atoms with Gasteiger partial charge in [-0.25, -0.2) is 9.97 Å². The van der Waals surface area contributed by atoms with Gasteiger partial charge in [-0.15, -0.1) is 0 Å². The summed E-state index contributed by atoms with van der Waals surface area (Å²) < 4.78 is 10.5. The van der Waals surface area contributed by atoms with Gasteiger partial charge in [0, 0.05) is 26.2 Å². The highest BCUT2D eigenvalue weighted by Crippen LogP contribution is 2.28. The summed E-state index contributed by atoms with van der Waals surface area (Å²) in [4.78, 5) is 18.7. The molecule has 0 fully saturated rings. The second-order valence-corrected chi connectivity index (χ2v) is 9.35. The molecule has 2 atom stereocenters. The minimum absolute atomic E-state index is 0.271. The topological polar surface area (TPSA) is 159 Å². The van der Waals surface area contributed by atoms with Gasteiger partial charge in [-0.05, 0) is 49.2 Å². The van der Waals surface area contributed by atoms with Crippen LogP contribution in [0.4, 0.5) is 23.5 Å². The van der Waals surface area contributed by atoms with E-state index >= 15 is 0 Å². The molecule has 2 heterocycles. The highest BCUT2D eigenvalue weighted by molar-refractivity contribution is 5.94. The van der Waals surface area contributed by atoms with E-state index < -0.39 is 12.2 Å². The minimum Gasteiger partial charge on any atom is -0.497 e. The molecule has 12 heteroatoms. The van der Waals surface area contributed by atoms with Gasteiger partial charge in [0.05, 0.1) is 26.4 Å². The number of methoxy groups -OCH3 is 2. The number of hydrogen-bond donors (Lipinski definition) is 6. The van der Waals surface area contributed by atoms with Crippen LogP contribution in [-0.2, 0) is 13.1 Å². The second kappa shape index (κ2) is 13.6. The van der Waals surface area contributed by atoms with E-state index in [9.17, 15) is 10.2 Å². The lowest BCUT2D eigenvalue weighted by atomic mass is 10.2. The lowest BCUT2D eigenvalue weighted by Crippen LogP contribution is -2.19. The summed E-state index contributed by atoms with van der Waals surface area (Å²) in [5.41, 5.74) is 3.03. The van der Waals surface area contributed by atoms with E-state index in [4.69, 9.17) is 9.47 Å². The number of anilines is 4. The van der Waals surface area contributed by atoms with Gasteiger partial charge in [-0.2, -0.15) is 9.97 Å². The number of hydrogen-bond acceptors (Lipinski definition) is 12. The molecule has 6 N–H and O–H groups in total. The van der Waals surface area contributed by atoms with Crippen LogP contribution in [0.15, 0.2) is 48.5 Å². The first-order valence-electron chi connectivity index (χ1n) is 13.0. The zero-order valence-corrected chi connectivity index (χ0v) is 23.1. The van der Waals surface area contributed by atoms with Crippen LogP contribution in [0.25, 0.3) is 11.0 Å². The third-order valence-electron chi connectivity index (χ3n) is 5.89. The molecule has 4 aromatic rings. The van der Waals surface area contributed by atoms with Crippen molar-refractivity contribution in [3.05, 3.63) is 59.7 Å². The van der Waals surface area contributed by atoms with Crippen molar-refractivity contribution in [3.8, 4) is 11.5 Å². The number of aliphatic hydroxyl groups excluding tert-OH is 2. The number of benzene rings is 2. The Kier molecular flexibility index (Phi) is 9.71. The number of fused-ring (bicyclic) bond motifs is 1. The molecule has 2 aromatic heterocycles. The molecule has 40 heavy (non-hydrogen) atoms. The number of aromatic nitrogens is 4. The Morgan fingerprint density at radius 1 is 0.600 bits per heavy atom. The molecular formula is C28H36N8O4. The van der Waals surface area contributed by atoms with E-state index in [2.05, 4.69) is 41.2 Å². The van der Waals surface area contributed by atoms with Crippen LogP contribution >= 0.6 is 0 Å². The monoisotopic (exact) mass is 548 g/mol. The first-order chi connectivity index (χ1) is 19.3. The zero-order chi connectivity index (χ0) is 28.5. The van der Waals surface area contributed by atoms with Crippen molar-refractivity contribution in [2.24, 2.45) is 0 Å². The van der Waals surface area contributed by atoms with Crippen LogP contribution < -0.4 is 30.7 Å². The van der Waals surface area contributed by atoms with Gasteiger partial charge in [0.25, 0.3) is 0 Å². The number of aliphatic hydroxyl groups is 2. The van der Waals surface area contributed by atoms with Crippen LogP contribution in [0.1, 0.15) is 25.0 Å². The van der Waals surface area contributed by atoms with Crippen LogP contribution in [0.3, 0.4) is 0 Å². The summed E-state index contributed by atoms with van der Waals surface area (Å²) in [6.07, 6.45) is -1.18. The lowest BCUT2D eigenvalue weighted by molar-refractivity contribution is 0.207. The summed E-state index contributed by atoms with van der Waals surface area (Å²) >= 11 is 0. The zero-order valence-electron chi connectivity index (χ0n) is 23.1. The van der Waals surface area contributed by atoms with Gasteiger partial charge in [0.15, 0.2) is 11.6 Å². The number of rotatable bonds is 14. The molecule has 212 valence electrons. The molecular weight excluding hydrogens is 512 g/mol. The molecule has 0 saturated carbocycles. The van der Waals surface area contributed by atoms with Gasteiger partial charge >= 0.3 is 0 Å². The SMILES string of the molecule is COc1ccc(CNc2nc(NCC(C)O)nc3c(NCc4ccc(OC)cc4)nc(NCC(C)O)nc23)cc1. The van der Waals surface area contributed by atoms with Crippen LogP contribution in [0.5, 0.6) is 11.5 Å². The highest BCUT2D eigenvalue weighted by atomic mass is 16.5. The fourth-order valence-electron chi connectivity index (χ4n) is 3.76. The van der Waals surface area contributed by atoms with E-state index in [0.29, 0.717) is 47.7 Å². The molecule has 12 nitrogen and oxygen atoms in total. The molecule has 0 aliphatic heterocycles. The Hall–Kier alpha value is -4.42. The molecule has 2 unspecified atom stereocenters. The van der Waals surface area contributed by atoms with Crippen LogP contribution in [0, 0.1) is 0 Å². The van der Waals surface area contributed by atoms with E-state index in [1.54, 1.807) is 28.1 Å². The van der Waals surface area contributed by atoms with E-state index in [1.165, 1.54) is 0 Å². The van der Waals surface area contributed by atoms with Crippen LogP contribution in [0.2, 0.25) is 0 Å². The van der Waals surface area contributed by atoms with E-state index in [-0.39, 0.29) is 13.1 Å². The number of nitrogens with one attached hydrogen (secondary N) is 4. The summed E-state index contributed by atoms with van der Waals surface area (Å²) in [6, 6.07) is 15.4. The van der Waals surface area contributed by atoms with Gasteiger partial charge in [0.1, 0.15) is 22.5 Å². The standard InChI is InChI=1S/C28H36N8O4/c1-17(37)13-31-27-33-23-24(25(35-27)29-15-19-5-9-21(39-3)10-6-19)34-28(32-14-18(2)38)36-26(23)30-16-20-7-11-22(40-4)12-8-20/h5-12,17-18,37-38H,13-16H2,1-4H3,(H2,29,31,33,35)(H2,30,32,34,36). The van der Waals surface area contributed by atoms with Crippen molar-refractivity contribution < 1.29 is 19.7 Å². The van der Waals surface area contributed by atoms with Crippen molar-refractivity contribution in [2.45, 2.75) is 39.1 Å². The Morgan fingerprint density at radius 3 is 1.30 bits per heavy atom. The first-order valence-corrected chi connectivity index (χ1v) is 13.0. The predicted molar refractivity (Wildman–Crippen MR) is 156 cm³/mol. The number of ether oxygens (including phenoxy) is 2. The lowest BCUT2D eigenvalue weighted by Gasteiger charge is -2.16. The Morgan fingerprint density at radius 2 is 0.975 bits per heavy atom. The maximum absolute atomic E-state index is 9.81. The van der Waals surface area contributed by atoms with Crippen molar-refractivity contribution in [2.75, 3.05) is 48.6 Å². The van der Waals surface area contributed by atoms with Crippen LogP contribution in [-0.4, -0.2) is 69.7 Å². The highest BCUT2D eigenvalue weighted by Gasteiger charge is 2.17. The average Bonchev–Trinajstić information content (AvgIpc) is 2.97. The van der Waals surface area contributed by atoms with E-state index in [1.807, 2.05) is 48.5 Å². The van der Waals surface area contributed by atoms with Gasteiger partial charge in [-0.1, -0.05) is 24.3 Å². The molecule has 0 aliphatic carbocycles. The third kappa shape index (κ3) is 7.80. The molecule has 0 aliphatic rings. The Labute approximate surface area is 233 Å². The van der Waals surface area contributed by atoms with Crippen molar-refractivity contribution in [3.63, 3.8) is 0 Å². The minimum atomic E-state index is -0.592. The average molecular weight is 549 g/mol. The van der Waals surface area contributed by atoms with Crippen molar-refractivity contribution in [1.82, 2.24) is 19.9 Å². The van der Waals surface area contributed by atoms with Gasteiger partial charge in [-0.3, -0.25) is 0 Å². The molecule has 0 amide bonds. The van der Waals surface area contributed by atoms with Gasteiger partial charge < -0.3 is 41.0 Å². The maximum atomic E-state index is 9.81. The normalized spacial score (nSPS) is 12.4. The summed E-state index contributed by atoms with van der Waals surface area (Å²) in [5, 5.41) is 32.5. The summed E-state index contributed by atoms with van der Waals surface area (Å²) in [5.74, 6) is 3.18. The Bertz CT molecular complexity index is 1280. The third-order valence-corrected chi connectivity index (χ3v) is 5.89. The fraction of sp³-hybridized carbons (Fsp3) is 0.357. The molecule has 2 aromatic carbocycles. The molecule has 0 bridgehead atoms. The largest absolute Gasteiger partial charge is 0.497 e. The van der Waals surface area contributed by atoms with E-state index in [0.717, 1.165) is 22.6 Å². The maximum Gasteiger partial charge on any atom is 0.225 e. The first kappa shape index (κ1) is 28.6. The van der Waals surface area contributed by atoms with Crippen molar-refractivity contribution >= 4 is 34.6 Å².